The second kappa shape index (κ2) is 5.49. The molecule has 0 aromatic heterocycles. The molecule has 2 rings (SSSR count). The first-order chi connectivity index (χ1) is 9.11. The van der Waals surface area contributed by atoms with Crippen molar-refractivity contribution in [3.8, 4) is 11.5 Å². The summed E-state index contributed by atoms with van der Waals surface area (Å²) in [6, 6.07) is 12.1. The lowest BCUT2D eigenvalue weighted by atomic mass is 10.2. The van der Waals surface area contributed by atoms with E-state index in [4.69, 9.17) is 10.5 Å². The van der Waals surface area contributed by atoms with Gasteiger partial charge in [0.2, 0.25) is 5.75 Å². The van der Waals surface area contributed by atoms with E-state index in [1.54, 1.807) is 31.2 Å². The lowest BCUT2D eigenvalue weighted by Crippen LogP contribution is -2.00. The summed E-state index contributed by atoms with van der Waals surface area (Å²) in [7, 11) is 0. The molecular weight excluding hydrogens is 244 g/mol. The van der Waals surface area contributed by atoms with Crippen LogP contribution < -0.4 is 10.5 Å². The number of benzene rings is 2. The number of hydrogen-bond donors (Lipinski definition) is 1. The van der Waals surface area contributed by atoms with Crippen molar-refractivity contribution in [1.29, 1.82) is 0 Å². The molecule has 5 nitrogen and oxygen atoms in total. The average Bonchev–Trinajstić information content (AvgIpc) is 2.41. The van der Waals surface area contributed by atoms with Crippen LogP contribution in [0.1, 0.15) is 11.1 Å². The standard InChI is InChI=1S/C14H14N2O3/c1-10-6-7-14(12(8-10)16(17)18)19-13-5-3-2-4-11(13)9-15/h2-8H,9,15H2,1H3. The van der Waals surface area contributed by atoms with Crippen LogP contribution in [0, 0.1) is 17.0 Å². The predicted molar refractivity (Wildman–Crippen MR) is 72.2 cm³/mol. The van der Waals surface area contributed by atoms with Gasteiger partial charge in [0.05, 0.1) is 4.92 Å². The average molecular weight is 258 g/mol. The van der Waals surface area contributed by atoms with Crippen LogP contribution in [0.2, 0.25) is 0 Å². The van der Waals surface area contributed by atoms with Crippen LogP contribution in [0.4, 0.5) is 5.69 Å². The molecule has 0 saturated carbocycles. The van der Waals surface area contributed by atoms with Crippen LogP contribution in [0.3, 0.4) is 0 Å². The molecule has 0 saturated heterocycles. The molecule has 0 heterocycles. The molecule has 0 aliphatic heterocycles. The Bertz CT molecular complexity index is 611. The minimum atomic E-state index is -0.451. The molecule has 0 atom stereocenters. The van der Waals surface area contributed by atoms with Crippen molar-refractivity contribution < 1.29 is 9.66 Å². The van der Waals surface area contributed by atoms with Gasteiger partial charge in [0.25, 0.3) is 0 Å². The zero-order valence-corrected chi connectivity index (χ0v) is 10.5. The fourth-order valence-electron chi connectivity index (χ4n) is 1.75. The summed E-state index contributed by atoms with van der Waals surface area (Å²) in [5.41, 5.74) is 7.18. The van der Waals surface area contributed by atoms with Crippen LogP contribution in [0.25, 0.3) is 0 Å². The van der Waals surface area contributed by atoms with E-state index >= 15 is 0 Å². The van der Waals surface area contributed by atoms with E-state index in [0.717, 1.165) is 11.1 Å². The number of nitro benzene ring substituents is 1. The predicted octanol–water partition coefficient (Wildman–Crippen LogP) is 3.15. The molecule has 0 bridgehead atoms. The highest BCUT2D eigenvalue weighted by Crippen LogP contribution is 2.33. The summed E-state index contributed by atoms with van der Waals surface area (Å²) < 4.78 is 5.63. The van der Waals surface area contributed by atoms with E-state index in [-0.39, 0.29) is 11.4 Å². The Morgan fingerprint density at radius 2 is 1.95 bits per heavy atom. The second-order valence-electron chi connectivity index (χ2n) is 4.14. The highest BCUT2D eigenvalue weighted by atomic mass is 16.6. The van der Waals surface area contributed by atoms with Crippen molar-refractivity contribution in [3.05, 3.63) is 63.7 Å². The summed E-state index contributed by atoms with van der Waals surface area (Å²) in [4.78, 5) is 10.6. The molecule has 2 aromatic rings. The Hall–Kier alpha value is -2.40. The quantitative estimate of drug-likeness (QED) is 0.675. The first kappa shape index (κ1) is 13.0. The number of nitro groups is 1. The molecule has 2 aromatic carbocycles. The van der Waals surface area contributed by atoms with E-state index < -0.39 is 4.92 Å². The van der Waals surface area contributed by atoms with Crippen LogP contribution >= 0.6 is 0 Å². The van der Waals surface area contributed by atoms with E-state index in [9.17, 15) is 10.1 Å². The van der Waals surface area contributed by atoms with E-state index in [0.29, 0.717) is 12.3 Å². The Morgan fingerprint density at radius 1 is 1.21 bits per heavy atom. The molecule has 0 aliphatic carbocycles. The van der Waals surface area contributed by atoms with Gasteiger partial charge in [0.1, 0.15) is 5.75 Å². The topological polar surface area (TPSA) is 78.4 Å². The molecule has 98 valence electrons. The Morgan fingerprint density at radius 3 is 2.63 bits per heavy atom. The third-order valence-electron chi connectivity index (χ3n) is 2.72. The molecule has 5 heteroatoms. The Labute approximate surface area is 110 Å². The molecule has 0 amide bonds. The van der Waals surface area contributed by atoms with Crippen molar-refractivity contribution in [2.45, 2.75) is 13.5 Å². The zero-order chi connectivity index (χ0) is 13.8. The van der Waals surface area contributed by atoms with Gasteiger partial charge >= 0.3 is 5.69 Å². The van der Waals surface area contributed by atoms with Gasteiger partial charge in [-0.25, -0.2) is 0 Å². The third kappa shape index (κ3) is 2.89. The number of hydrogen-bond acceptors (Lipinski definition) is 4. The molecule has 2 N–H and O–H groups in total. The van der Waals surface area contributed by atoms with Crippen LogP contribution in [0.15, 0.2) is 42.5 Å². The number of nitrogens with zero attached hydrogens (tertiary/aromatic N) is 1. The number of ether oxygens (including phenoxy) is 1. The molecule has 0 spiro atoms. The maximum Gasteiger partial charge on any atom is 0.311 e. The largest absolute Gasteiger partial charge is 0.450 e. The highest BCUT2D eigenvalue weighted by molar-refractivity contribution is 5.51. The first-order valence-electron chi connectivity index (χ1n) is 5.82. The van der Waals surface area contributed by atoms with Crippen molar-refractivity contribution in [1.82, 2.24) is 0 Å². The first-order valence-corrected chi connectivity index (χ1v) is 5.82. The summed E-state index contributed by atoms with van der Waals surface area (Å²) in [6.45, 7) is 2.11. The molecule has 0 unspecified atom stereocenters. The fraction of sp³-hybridized carbons (Fsp3) is 0.143. The van der Waals surface area contributed by atoms with Gasteiger partial charge in [-0.2, -0.15) is 0 Å². The monoisotopic (exact) mass is 258 g/mol. The number of para-hydroxylation sites is 1. The van der Waals surface area contributed by atoms with Crippen molar-refractivity contribution >= 4 is 5.69 Å². The van der Waals surface area contributed by atoms with Gasteiger partial charge in [-0.1, -0.05) is 24.3 Å². The highest BCUT2D eigenvalue weighted by Gasteiger charge is 2.16. The summed E-state index contributed by atoms with van der Waals surface area (Å²) >= 11 is 0. The van der Waals surface area contributed by atoms with Crippen LogP contribution in [-0.4, -0.2) is 4.92 Å². The minimum absolute atomic E-state index is 0.0492. The Balaban J connectivity index is 2.41. The normalized spacial score (nSPS) is 10.2. The third-order valence-corrected chi connectivity index (χ3v) is 2.72. The molecular formula is C14H14N2O3. The van der Waals surface area contributed by atoms with Gasteiger partial charge in [-0.05, 0) is 24.6 Å². The van der Waals surface area contributed by atoms with E-state index in [1.807, 2.05) is 12.1 Å². The summed E-state index contributed by atoms with van der Waals surface area (Å²) in [5, 5.41) is 11.0. The van der Waals surface area contributed by atoms with E-state index in [2.05, 4.69) is 0 Å². The van der Waals surface area contributed by atoms with Crippen LogP contribution in [0.5, 0.6) is 11.5 Å². The maximum absolute atomic E-state index is 11.0. The minimum Gasteiger partial charge on any atom is -0.450 e. The SMILES string of the molecule is Cc1ccc(Oc2ccccc2CN)c([N+](=O)[O-])c1. The molecule has 0 fully saturated rings. The Kier molecular flexibility index (Phi) is 3.77. The fourth-order valence-corrected chi connectivity index (χ4v) is 1.75. The van der Waals surface area contributed by atoms with Crippen molar-refractivity contribution in [2.24, 2.45) is 5.73 Å². The molecule has 0 radical (unpaired) electrons. The second-order valence-corrected chi connectivity index (χ2v) is 4.14. The lowest BCUT2D eigenvalue weighted by molar-refractivity contribution is -0.385. The summed E-state index contributed by atoms with van der Waals surface area (Å²) in [6.07, 6.45) is 0. The summed E-state index contributed by atoms with van der Waals surface area (Å²) in [5.74, 6) is 0.758. The van der Waals surface area contributed by atoms with Crippen molar-refractivity contribution in [2.75, 3.05) is 0 Å². The molecule has 0 aliphatic rings. The maximum atomic E-state index is 11.0. The van der Waals surface area contributed by atoms with E-state index in [1.165, 1.54) is 6.07 Å². The van der Waals surface area contributed by atoms with Gasteiger partial charge in [0.15, 0.2) is 0 Å². The smallest absolute Gasteiger partial charge is 0.311 e. The zero-order valence-electron chi connectivity index (χ0n) is 10.5. The van der Waals surface area contributed by atoms with Gasteiger partial charge in [-0.3, -0.25) is 10.1 Å². The number of rotatable bonds is 4. The lowest BCUT2D eigenvalue weighted by Gasteiger charge is -2.10. The molecule has 19 heavy (non-hydrogen) atoms. The number of aryl methyl sites for hydroxylation is 1. The van der Waals surface area contributed by atoms with Gasteiger partial charge < -0.3 is 10.5 Å². The van der Waals surface area contributed by atoms with Crippen molar-refractivity contribution in [3.63, 3.8) is 0 Å². The number of nitrogens with two attached hydrogens (primary N) is 1. The van der Waals surface area contributed by atoms with Gasteiger partial charge in [0, 0.05) is 18.2 Å². The van der Waals surface area contributed by atoms with Gasteiger partial charge in [-0.15, -0.1) is 0 Å². The van der Waals surface area contributed by atoms with Crippen LogP contribution in [-0.2, 0) is 6.54 Å².